The van der Waals surface area contributed by atoms with Crippen molar-refractivity contribution in [3.8, 4) is 0 Å². The first-order valence-corrected chi connectivity index (χ1v) is 6.63. The second-order valence-electron chi connectivity index (χ2n) is 4.40. The van der Waals surface area contributed by atoms with Crippen molar-refractivity contribution in [1.82, 2.24) is 5.32 Å². The lowest BCUT2D eigenvalue weighted by atomic mass is 10.1. The van der Waals surface area contributed by atoms with Crippen LogP contribution in [-0.4, -0.2) is 36.7 Å². The summed E-state index contributed by atoms with van der Waals surface area (Å²) in [5.41, 5.74) is 1.29. The molecule has 0 atom stereocenters. The largest absolute Gasteiger partial charge is 0.480 e. The van der Waals surface area contributed by atoms with E-state index in [1.54, 1.807) is 25.1 Å². The summed E-state index contributed by atoms with van der Waals surface area (Å²) < 4.78 is 10.3. The van der Waals surface area contributed by atoms with Crippen molar-refractivity contribution >= 4 is 34.4 Å². The Morgan fingerprint density at radius 1 is 1.43 bits per heavy atom. The van der Waals surface area contributed by atoms with Gasteiger partial charge >= 0.3 is 5.97 Å². The number of hydrogen-bond acceptors (Lipinski definition) is 4. The molecule has 2 rings (SSSR count). The molecular formula is C14H14ClNO5. The van der Waals surface area contributed by atoms with Crippen LogP contribution in [0.15, 0.2) is 22.6 Å². The van der Waals surface area contributed by atoms with Crippen LogP contribution in [0.1, 0.15) is 16.1 Å². The molecule has 0 aliphatic rings. The number of aryl methyl sites for hydroxylation is 1. The van der Waals surface area contributed by atoms with Gasteiger partial charge in [-0.15, -0.1) is 0 Å². The third-order valence-corrected chi connectivity index (χ3v) is 3.10. The first kappa shape index (κ1) is 15.3. The first-order valence-electron chi connectivity index (χ1n) is 6.25. The van der Waals surface area contributed by atoms with Gasteiger partial charge in [-0.05, 0) is 25.1 Å². The number of ether oxygens (including phenoxy) is 1. The SMILES string of the molecule is Cc1c(C(=O)NCCOCC(=O)O)oc2ccc(Cl)cc12. The average Bonchev–Trinajstić information content (AvgIpc) is 2.75. The van der Waals surface area contributed by atoms with Crippen LogP contribution in [-0.2, 0) is 9.53 Å². The number of nitrogens with one attached hydrogen (secondary N) is 1. The highest BCUT2D eigenvalue weighted by atomic mass is 35.5. The Morgan fingerprint density at radius 3 is 2.90 bits per heavy atom. The Bertz CT molecular complexity index is 679. The minimum absolute atomic E-state index is 0.114. The molecule has 0 bridgehead atoms. The topological polar surface area (TPSA) is 88.8 Å². The number of hydrogen-bond donors (Lipinski definition) is 2. The quantitative estimate of drug-likeness (QED) is 0.799. The summed E-state index contributed by atoms with van der Waals surface area (Å²) in [6.07, 6.45) is 0. The first-order chi connectivity index (χ1) is 9.99. The molecule has 0 radical (unpaired) electrons. The van der Waals surface area contributed by atoms with Crippen LogP contribution >= 0.6 is 11.6 Å². The summed E-state index contributed by atoms with van der Waals surface area (Å²) in [6, 6.07) is 5.13. The van der Waals surface area contributed by atoms with Crippen LogP contribution in [0.2, 0.25) is 5.02 Å². The third-order valence-electron chi connectivity index (χ3n) is 2.86. The molecule has 112 valence electrons. The smallest absolute Gasteiger partial charge is 0.329 e. The molecule has 0 fully saturated rings. The van der Waals surface area contributed by atoms with Gasteiger partial charge in [0.05, 0.1) is 6.61 Å². The zero-order valence-corrected chi connectivity index (χ0v) is 12.1. The number of carbonyl (C=O) groups excluding carboxylic acids is 1. The lowest BCUT2D eigenvalue weighted by molar-refractivity contribution is -0.142. The molecule has 0 aliphatic carbocycles. The predicted molar refractivity (Wildman–Crippen MR) is 76.7 cm³/mol. The lowest BCUT2D eigenvalue weighted by Crippen LogP contribution is -2.28. The van der Waals surface area contributed by atoms with Crippen molar-refractivity contribution in [3.63, 3.8) is 0 Å². The van der Waals surface area contributed by atoms with E-state index in [2.05, 4.69) is 5.32 Å². The molecule has 0 saturated heterocycles. The second kappa shape index (κ2) is 6.60. The van der Waals surface area contributed by atoms with E-state index in [9.17, 15) is 9.59 Å². The van der Waals surface area contributed by atoms with Crippen LogP contribution in [0.25, 0.3) is 11.0 Å². The molecule has 1 aromatic carbocycles. The lowest BCUT2D eigenvalue weighted by Gasteiger charge is -2.03. The number of rotatable bonds is 6. The van der Waals surface area contributed by atoms with E-state index < -0.39 is 12.6 Å². The van der Waals surface area contributed by atoms with Gasteiger partial charge in [-0.1, -0.05) is 11.6 Å². The van der Waals surface area contributed by atoms with Gasteiger partial charge in [0.1, 0.15) is 12.2 Å². The van der Waals surface area contributed by atoms with Crippen molar-refractivity contribution in [2.45, 2.75) is 6.92 Å². The molecule has 1 heterocycles. The monoisotopic (exact) mass is 311 g/mol. The maximum atomic E-state index is 12.0. The van der Waals surface area contributed by atoms with Gasteiger partial charge in [0.25, 0.3) is 5.91 Å². The highest BCUT2D eigenvalue weighted by Crippen LogP contribution is 2.27. The van der Waals surface area contributed by atoms with Gasteiger partial charge in [0.15, 0.2) is 5.76 Å². The fourth-order valence-corrected chi connectivity index (χ4v) is 2.06. The van der Waals surface area contributed by atoms with E-state index >= 15 is 0 Å². The van der Waals surface area contributed by atoms with Gasteiger partial charge in [0.2, 0.25) is 0 Å². The number of carboxylic acids is 1. The van der Waals surface area contributed by atoms with Gasteiger partial charge in [-0.2, -0.15) is 0 Å². The minimum Gasteiger partial charge on any atom is -0.480 e. The van der Waals surface area contributed by atoms with Crippen molar-refractivity contribution in [3.05, 3.63) is 34.5 Å². The van der Waals surface area contributed by atoms with E-state index in [1.807, 2.05) is 0 Å². The normalized spacial score (nSPS) is 10.8. The summed E-state index contributed by atoms with van der Waals surface area (Å²) in [5, 5.41) is 12.4. The number of benzene rings is 1. The number of amides is 1. The number of fused-ring (bicyclic) bond motifs is 1. The van der Waals surface area contributed by atoms with Crippen LogP contribution in [0.5, 0.6) is 0 Å². The second-order valence-corrected chi connectivity index (χ2v) is 4.84. The molecule has 21 heavy (non-hydrogen) atoms. The Labute approximate surface area is 125 Å². The Kier molecular flexibility index (Phi) is 4.82. The van der Waals surface area contributed by atoms with E-state index in [1.165, 1.54) is 0 Å². The molecule has 2 N–H and O–H groups in total. The number of aliphatic carboxylic acids is 1. The van der Waals surface area contributed by atoms with Gasteiger partial charge in [0, 0.05) is 22.5 Å². The molecule has 1 amide bonds. The average molecular weight is 312 g/mol. The Hall–Kier alpha value is -2.05. The van der Waals surface area contributed by atoms with Crippen molar-refractivity contribution in [2.24, 2.45) is 0 Å². The number of carboxylic acid groups (broad SMARTS) is 1. The fraction of sp³-hybridized carbons (Fsp3) is 0.286. The maximum absolute atomic E-state index is 12.0. The zero-order chi connectivity index (χ0) is 15.4. The molecule has 7 heteroatoms. The molecule has 0 saturated carbocycles. The highest BCUT2D eigenvalue weighted by molar-refractivity contribution is 6.31. The summed E-state index contributed by atoms with van der Waals surface area (Å²) >= 11 is 5.92. The van der Waals surface area contributed by atoms with Crippen molar-refractivity contribution in [1.29, 1.82) is 0 Å². The number of halogens is 1. The van der Waals surface area contributed by atoms with Crippen molar-refractivity contribution < 1.29 is 23.8 Å². The summed E-state index contributed by atoms with van der Waals surface area (Å²) in [4.78, 5) is 22.3. The number of carbonyl (C=O) groups is 2. The molecule has 1 aromatic heterocycles. The Balaban J connectivity index is 1.99. The van der Waals surface area contributed by atoms with Crippen LogP contribution in [0, 0.1) is 6.92 Å². The minimum atomic E-state index is -1.05. The predicted octanol–water partition coefficient (Wildman–Crippen LogP) is 2.23. The maximum Gasteiger partial charge on any atom is 0.329 e. The molecular weight excluding hydrogens is 298 g/mol. The summed E-state index contributed by atoms with van der Waals surface area (Å²) in [7, 11) is 0. The van der Waals surface area contributed by atoms with Crippen LogP contribution in [0.4, 0.5) is 0 Å². The van der Waals surface area contributed by atoms with E-state index in [0.29, 0.717) is 16.2 Å². The standard InChI is InChI=1S/C14H14ClNO5/c1-8-10-6-9(15)2-3-11(10)21-13(8)14(19)16-4-5-20-7-12(17)18/h2-3,6H,4-5,7H2,1H3,(H,16,19)(H,17,18). The highest BCUT2D eigenvalue weighted by Gasteiger charge is 2.17. The van der Waals surface area contributed by atoms with E-state index in [-0.39, 0.29) is 24.8 Å². The van der Waals surface area contributed by atoms with E-state index in [0.717, 1.165) is 5.39 Å². The third kappa shape index (κ3) is 3.74. The van der Waals surface area contributed by atoms with Gasteiger partial charge < -0.3 is 19.6 Å². The summed E-state index contributed by atoms with van der Waals surface area (Å²) in [6.45, 7) is 1.70. The molecule has 0 unspecified atom stereocenters. The van der Waals surface area contributed by atoms with Gasteiger partial charge in [-0.25, -0.2) is 4.79 Å². The molecule has 0 aliphatic heterocycles. The molecule has 0 spiro atoms. The van der Waals surface area contributed by atoms with E-state index in [4.69, 9.17) is 25.9 Å². The molecule has 6 nitrogen and oxygen atoms in total. The zero-order valence-electron chi connectivity index (χ0n) is 11.3. The molecule has 2 aromatic rings. The van der Waals surface area contributed by atoms with Crippen LogP contribution < -0.4 is 5.32 Å². The summed E-state index contributed by atoms with van der Waals surface area (Å²) in [5.74, 6) is -1.21. The fourth-order valence-electron chi connectivity index (χ4n) is 1.89. The number of furan rings is 1. The van der Waals surface area contributed by atoms with Gasteiger partial charge in [-0.3, -0.25) is 4.79 Å². The van der Waals surface area contributed by atoms with Crippen LogP contribution in [0.3, 0.4) is 0 Å². The van der Waals surface area contributed by atoms with Crippen molar-refractivity contribution in [2.75, 3.05) is 19.8 Å². The Morgan fingerprint density at radius 2 is 2.19 bits per heavy atom.